The summed E-state index contributed by atoms with van der Waals surface area (Å²) in [4.78, 5) is 10.6. The number of carbonyl (C=O) groups is 1. The van der Waals surface area contributed by atoms with Crippen LogP contribution >= 0.6 is 0 Å². The molecule has 1 aromatic rings. The van der Waals surface area contributed by atoms with Gasteiger partial charge in [-0.2, -0.15) is 0 Å². The summed E-state index contributed by atoms with van der Waals surface area (Å²) in [5, 5.41) is 5.63. The number of hydrogen-bond acceptors (Lipinski definition) is 3. The van der Waals surface area contributed by atoms with Gasteiger partial charge in [0.1, 0.15) is 18.0 Å². The predicted octanol–water partition coefficient (Wildman–Crippen LogP) is -0.166. The van der Waals surface area contributed by atoms with Crippen LogP contribution in [0.25, 0.3) is 0 Å². The van der Waals surface area contributed by atoms with Gasteiger partial charge in [0, 0.05) is 7.05 Å². The summed E-state index contributed by atoms with van der Waals surface area (Å²) < 4.78 is 4.37. The predicted molar refractivity (Wildman–Crippen MR) is 28.7 cm³/mol. The van der Waals surface area contributed by atoms with Crippen LogP contribution in [0.2, 0.25) is 0 Å². The van der Waals surface area contributed by atoms with E-state index in [1.54, 1.807) is 0 Å². The summed E-state index contributed by atoms with van der Waals surface area (Å²) in [7, 11) is 1.53. The highest BCUT2D eigenvalue weighted by molar-refractivity contribution is 5.92. The van der Waals surface area contributed by atoms with Gasteiger partial charge in [0.05, 0.1) is 0 Å². The molecule has 4 nitrogen and oxygen atoms in total. The Bertz CT molecular complexity index is 193. The average molecular weight is 125 g/mol. The maximum absolute atomic E-state index is 10.6. The minimum Gasteiger partial charge on any atom is -0.363 e. The van der Waals surface area contributed by atoms with Gasteiger partial charge in [-0.1, -0.05) is 5.16 Å². The number of amides is 1. The molecule has 0 aliphatic heterocycles. The lowest BCUT2D eigenvalue weighted by Crippen LogP contribution is -2.16. The van der Waals surface area contributed by atoms with Gasteiger partial charge in [0.25, 0.3) is 5.91 Å². The minimum atomic E-state index is -0.240. The lowest BCUT2D eigenvalue weighted by Gasteiger charge is -1.88. The van der Waals surface area contributed by atoms with Crippen LogP contribution in [0, 0.1) is 6.20 Å². The Morgan fingerprint density at radius 3 is 3.22 bits per heavy atom. The van der Waals surface area contributed by atoms with E-state index in [0.717, 1.165) is 0 Å². The number of rotatable bonds is 1. The van der Waals surface area contributed by atoms with E-state index < -0.39 is 0 Å². The van der Waals surface area contributed by atoms with Crippen molar-refractivity contribution in [1.82, 2.24) is 10.5 Å². The topological polar surface area (TPSA) is 55.1 Å². The SMILES string of the molecule is CNC(=O)c1[c]noc1. The highest BCUT2D eigenvalue weighted by Gasteiger charge is 2.03. The summed E-state index contributed by atoms with van der Waals surface area (Å²) in [5.41, 5.74) is 0.317. The Balaban J connectivity index is 2.77. The van der Waals surface area contributed by atoms with E-state index in [9.17, 15) is 4.79 Å². The van der Waals surface area contributed by atoms with Crippen LogP contribution in [0.3, 0.4) is 0 Å². The third-order valence-electron chi connectivity index (χ3n) is 0.861. The third-order valence-corrected chi connectivity index (χ3v) is 0.861. The van der Waals surface area contributed by atoms with Crippen molar-refractivity contribution in [1.29, 1.82) is 0 Å². The van der Waals surface area contributed by atoms with E-state index in [4.69, 9.17) is 0 Å². The molecule has 4 heteroatoms. The molecule has 0 unspecified atom stereocenters. The Kier molecular flexibility index (Phi) is 1.48. The lowest BCUT2D eigenvalue weighted by molar-refractivity contribution is 0.0962. The molecule has 0 saturated carbocycles. The molecule has 0 aliphatic rings. The number of nitrogens with zero attached hydrogens (tertiary/aromatic N) is 1. The molecule has 0 fully saturated rings. The molecule has 9 heavy (non-hydrogen) atoms. The van der Waals surface area contributed by atoms with Crippen molar-refractivity contribution in [3.8, 4) is 0 Å². The van der Waals surface area contributed by atoms with Crippen LogP contribution in [-0.4, -0.2) is 18.1 Å². The maximum atomic E-state index is 10.6. The quantitative estimate of drug-likeness (QED) is 0.567. The monoisotopic (exact) mass is 125 g/mol. The second-order valence-corrected chi connectivity index (χ2v) is 1.42. The Morgan fingerprint density at radius 2 is 2.78 bits per heavy atom. The van der Waals surface area contributed by atoms with Crippen LogP contribution < -0.4 is 5.32 Å². The summed E-state index contributed by atoms with van der Waals surface area (Å²) >= 11 is 0. The molecule has 1 radical (unpaired) electrons. The number of aromatic nitrogens is 1. The van der Waals surface area contributed by atoms with Crippen molar-refractivity contribution >= 4 is 5.91 Å². The van der Waals surface area contributed by atoms with Crippen molar-refractivity contribution < 1.29 is 9.32 Å². The van der Waals surface area contributed by atoms with Gasteiger partial charge in [0.15, 0.2) is 0 Å². The van der Waals surface area contributed by atoms with E-state index in [2.05, 4.69) is 21.2 Å². The summed E-state index contributed by atoms with van der Waals surface area (Å²) in [6.45, 7) is 0. The van der Waals surface area contributed by atoms with Gasteiger partial charge in [-0.3, -0.25) is 4.79 Å². The molecule has 1 amide bonds. The maximum Gasteiger partial charge on any atom is 0.256 e. The fraction of sp³-hybridized carbons (Fsp3) is 0.200. The molecule has 1 aromatic heterocycles. The van der Waals surface area contributed by atoms with Gasteiger partial charge in [-0.15, -0.1) is 0 Å². The van der Waals surface area contributed by atoms with Crippen molar-refractivity contribution in [2.45, 2.75) is 0 Å². The zero-order chi connectivity index (χ0) is 6.69. The van der Waals surface area contributed by atoms with Gasteiger partial charge in [-0.05, 0) is 0 Å². The van der Waals surface area contributed by atoms with Crippen molar-refractivity contribution in [3.63, 3.8) is 0 Å². The van der Waals surface area contributed by atoms with E-state index in [-0.39, 0.29) is 5.91 Å². The average Bonchev–Trinajstić information content (AvgIpc) is 2.37. The molecule has 0 spiro atoms. The molecule has 0 aliphatic carbocycles. The van der Waals surface area contributed by atoms with Crippen LogP contribution in [0.5, 0.6) is 0 Å². The van der Waals surface area contributed by atoms with Crippen molar-refractivity contribution in [3.05, 3.63) is 18.0 Å². The van der Waals surface area contributed by atoms with Crippen LogP contribution in [0.4, 0.5) is 0 Å². The van der Waals surface area contributed by atoms with Gasteiger partial charge in [-0.25, -0.2) is 0 Å². The molecule has 0 atom stereocenters. The highest BCUT2D eigenvalue weighted by Crippen LogP contribution is 1.92. The fourth-order valence-corrected chi connectivity index (χ4v) is 0.420. The Labute approximate surface area is 51.8 Å². The minimum absolute atomic E-state index is 0.240. The van der Waals surface area contributed by atoms with Gasteiger partial charge < -0.3 is 9.84 Å². The molecular formula is C5H5N2O2. The fourth-order valence-electron chi connectivity index (χ4n) is 0.420. The molecular weight excluding hydrogens is 120 g/mol. The molecule has 0 saturated heterocycles. The summed E-state index contributed by atoms with van der Waals surface area (Å²) in [6.07, 6.45) is 3.59. The first-order chi connectivity index (χ1) is 4.34. The second kappa shape index (κ2) is 2.30. The van der Waals surface area contributed by atoms with Crippen LogP contribution in [-0.2, 0) is 0 Å². The Hall–Kier alpha value is -1.32. The molecule has 1 N–H and O–H groups in total. The van der Waals surface area contributed by atoms with E-state index in [0.29, 0.717) is 5.56 Å². The van der Waals surface area contributed by atoms with E-state index >= 15 is 0 Å². The van der Waals surface area contributed by atoms with Crippen LogP contribution in [0.15, 0.2) is 10.8 Å². The zero-order valence-corrected chi connectivity index (χ0v) is 4.84. The Morgan fingerprint density at radius 1 is 2.00 bits per heavy atom. The van der Waals surface area contributed by atoms with Crippen molar-refractivity contribution in [2.75, 3.05) is 7.05 Å². The number of nitrogens with one attached hydrogen (secondary N) is 1. The molecule has 1 rings (SSSR count). The first-order valence-electron chi connectivity index (χ1n) is 2.38. The molecule has 0 aromatic carbocycles. The van der Waals surface area contributed by atoms with Gasteiger partial charge in [0.2, 0.25) is 0 Å². The van der Waals surface area contributed by atoms with Gasteiger partial charge >= 0.3 is 0 Å². The normalized spacial score (nSPS) is 9.00. The highest BCUT2D eigenvalue weighted by atomic mass is 16.5. The molecule has 1 heterocycles. The van der Waals surface area contributed by atoms with E-state index in [1.165, 1.54) is 13.3 Å². The smallest absolute Gasteiger partial charge is 0.256 e. The number of hydrogen-bond donors (Lipinski definition) is 1. The number of carbonyl (C=O) groups excluding carboxylic acids is 1. The first-order valence-corrected chi connectivity index (χ1v) is 2.38. The molecule has 47 valence electrons. The standard InChI is InChI=1S/C5H5N2O2/c1-6-5(8)4-2-7-9-3-4/h3H,1H3,(H,6,8). The summed E-state index contributed by atoms with van der Waals surface area (Å²) in [5.74, 6) is -0.240. The first kappa shape index (κ1) is 5.81. The lowest BCUT2D eigenvalue weighted by atomic mass is 10.3. The zero-order valence-electron chi connectivity index (χ0n) is 4.84. The third kappa shape index (κ3) is 1.07. The van der Waals surface area contributed by atoms with Crippen LogP contribution in [0.1, 0.15) is 10.4 Å². The van der Waals surface area contributed by atoms with Crippen molar-refractivity contribution in [2.24, 2.45) is 0 Å². The summed E-state index contributed by atoms with van der Waals surface area (Å²) in [6, 6.07) is 0. The van der Waals surface area contributed by atoms with E-state index in [1.807, 2.05) is 0 Å². The second-order valence-electron chi connectivity index (χ2n) is 1.42. The largest absolute Gasteiger partial charge is 0.363 e. The molecule has 0 bridgehead atoms.